The Morgan fingerprint density at radius 2 is 0.900 bits per heavy atom. The van der Waals surface area contributed by atoms with Crippen LogP contribution in [0.1, 0.15) is 11.1 Å². The van der Waals surface area contributed by atoms with Crippen LogP contribution in [-0.4, -0.2) is 3.79 Å². The lowest BCUT2D eigenvalue weighted by Gasteiger charge is -2.35. The number of hydrogen-bond donors (Lipinski definition) is 0. The van der Waals surface area contributed by atoms with E-state index in [1.165, 1.54) is 0 Å². The molecular formula is C14H8Br2Cl4. The van der Waals surface area contributed by atoms with Gasteiger partial charge < -0.3 is 0 Å². The van der Waals surface area contributed by atoms with Crippen LogP contribution < -0.4 is 0 Å². The van der Waals surface area contributed by atoms with Crippen LogP contribution >= 0.6 is 78.3 Å². The molecular weight excluding hydrogens is 470 g/mol. The number of halogens is 6. The van der Waals surface area contributed by atoms with Crippen molar-refractivity contribution in [2.24, 2.45) is 0 Å². The van der Waals surface area contributed by atoms with Gasteiger partial charge in [0, 0.05) is 8.95 Å². The second kappa shape index (κ2) is 6.36. The fraction of sp³-hybridized carbons (Fsp3) is 0.143. The van der Waals surface area contributed by atoms with Crippen LogP contribution in [0.15, 0.2) is 57.5 Å². The third-order valence-corrected chi connectivity index (χ3v) is 5.79. The highest BCUT2D eigenvalue weighted by molar-refractivity contribution is 9.10. The molecule has 0 aliphatic rings. The summed E-state index contributed by atoms with van der Waals surface area (Å²) in [6.07, 6.45) is 0. The van der Waals surface area contributed by atoms with Crippen molar-refractivity contribution in [2.45, 2.75) is 8.67 Å². The predicted molar refractivity (Wildman–Crippen MR) is 95.2 cm³/mol. The van der Waals surface area contributed by atoms with Gasteiger partial charge in [-0.1, -0.05) is 90.9 Å². The Labute approximate surface area is 154 Å². The zero-order valence-corrected chi connectivity index (χ0v) is 16.1. The van der Waals surface area contributed by atoms with E-state index in [1.807, 2.05) is 48.5 Å². The molecule has 0 bridgehead atoms. The van der Waals surface area contributed by atoms with Gasteiger partial charge in [-0.15, -0.1) is 11.6 Å². The van der Waals surface area contributed by atoms with E-state index in [0.29, 0.717) is 11.1 Å². The van der Waals surface area contributed by atoms with Crippen molar-refractivity contribution in [3.05, 3.63) is 68.6 Å². The summed E-state index contributed by atoms with van der Waals surface area (Å²) in [4.78, 5) is -1.26. The third kappa shape index (κ3) is 3.31. The van der Waals surface area contributed by atoms with Gasteiger partial charge >= 0.3 is 0 Å². The second-order valence-electron chi connectivity index (χ2n) is 4.17. The van der Waals surface area contributed by atoms with Crippen LogP contribution in [0.2, 0.25) is 0 Å². The van der Waals surface area contributed by atoms with Gasteiger partial charge in [0.1, 0.15) is 4.87 Å². The van der Waals surface area contributed by atoms with Gasteiger partial charge in [-0.2, -0.15) is 0 Å². The van der Waals surface area contributed by atoms with Crippen LogP contribution in [-0.2, 0) is 4.87 Å². The Morgan fingerprint density at radius 1 is 0.600 bits per heavy atom. The molecule has 2 aromatic carbocycles. The minimum Gasteiger partial charge on any atom is -0.104 e. The summed E-state index contributed by atoms with van der Waals surface area (Å²) in [5, 5.41) is 0. The number of benzene rings is 2. The molecule has 2 aromatic rings. The number of hydrogen-bond acceptors (Lipinski definition) is 0. The normalized spacial score (nSPS) is 12.5. The molecule has 0 nitrogen and oxygen atoms in total. The highest BCUT2D eigenvalue weighted by Gasteiger charge is 2.50. The fourth-order valence-electron chi connectivity index (χ4n) is 1.85. The van der Waals surface area contributed by atoms with E-state index in [1.54, 1.807) is 0 Å². The molecule has 0 saturated heterocycles. The molecule has 0 aromatic heterocycles. The van der Waals surface area contributed by atoms with E-state index in [-0.39, 0.29) is 0 Å². The molecule has 0 N–H and O–H groups in total. The molecule has 0 unspecified atom stereocenters. The van der Waals surface area contributed by atoms with Crippen LogP contribution in [0.5, 0.6) is 0 Å². The Balaban J connectivity index is 2.62. The lowest BCUT2D eigenvalue weighted by atomic mass is 9.91. The van der Waals surface area contributed by atoms with Crippen molar-refractivity contribution >= 4 is 78.3 Å². The summed E-state index contributed by atoms with van der Waals surface area (Å²) >= 11 is 32.0. The SMILES string of the molecule is ClC(Cl)(Cl)C(Cl)(c1ccc(Br)cc1)c1ccc(Br)cc1. The van der Waals surface area contributed by atoms with Crippen LogP contribution in [0, 0.1) is 0 Å². The summed E-state index contributed by atoms with van der Waals surface area (Å²) in [5.41, 5.74) is 1.43. The van der Waals surface area contributed by atoms with Crippen molar-refractivity contribution in [1.29, 1.82) is 0 Å². The quantitative estimate of drug-likeness (QED) is 0.406. The van der Waals surface area contributed by atoms with E-state index >= 15 is 0 Å². The lowest BCUT2D eigenvalue weighted by Crippen LogP contribution is -2.35. The summed E-state index contributed by atoms with van der Waals surface area (Å²) < 4.78 is 0.164. The maximum Gasteiger partial charge on any atom is 0.217 e. The van der Waals surface area contributed by atoms with E-state index in [2.05, 4.69) is 31.9 Å². The van der Waals surface area contributed by atoms with E-state index in [9.17, 15) is 0 Å². The van der Waals surface area contributed by atoms with E-state index < -0.39 is 8.67 Å². The Kier molecular flexibility index (Phi) is 5.38. The van der Waals surface area contributed by atoms with Crippen LogP contribution in [0.25, 0.3) is 0 Å². The first-order valence-electron chi connectivity index (χ1n) is 5.53. The predicted octanol–water partition coefficient (Wildman–Crippen LogP) is 7.06. The summed E-state index contributed by atoms with van der Waals surface area (Å²) in [5.74, 6) is 0. The van der Waals surface area contributed by atoms with Gasteiger partial charge in [0.2, 0.25) is 3.79 Å². The summed E-state index contributed by atoms with van der Waals surface area (Å²) in [6.45, 7) is 0. The first kappa shape index (κ1) is 16.9. The first-order chi connectivity index (χ1) is 9.25. The van der Waals surface area contributed by atoms with Crippen LogP contribution in [0.3, 0.4) is 0 Å². The largest absolute Gasteiger partial charge is 0.217 e. The zero-order valence-electron chi connectivity index (χ0n) is 9.89. The standard InChI is InChI=1S/C14H8Br2Cl4/c15-11-5-1-9(2-6-11)13(17,14(18,19)20)10-3-7-12(16)8-4-10/h1-8H. The Hall–Kier alpha value is 0.560. The monoisotopic (exact) mass is 474 g/mol. The average molecular weight is 478 g/mol. The highest BCUT2D eigenvalue weighted by Crippen LogP contribution is 2.54. The number of rotatable bonds is 2. The van der Waals surface area contributed by atoms with Gasteiger partial charge in [0.15, 0.2) is 0 Å². The first-order valence-corrected chi connectivity index (χ1v) is 8.62. The van der Waals surface area contributed by atoms with Gasteiger partial charge in [0.05, 0.1) is 0 Å². The molecule has 0 radical (unpaired) electrons. The van der Waals surface area contributed by atoms with Gasteiger partial charge in [-0.05, 0) is 35.4 Å². The van der Waals surface area contributed by atoms with Gasteiger partial charge in [-0.3, -0.25) is 0 Å². The molecule has 2 rings (SSSR count). The smallest absolute Gasteiger partial charge is 0.104 e. The summed E-state index contributed by atoms with van der Waals surface area (Å²) in [7, 11) is 0. The van der Waals surface area contributed by atoms with E-state index in [4.69, 9.17) is 46.4 Å². The molecule has 0 aliphatic carbocycles. The molecule has 6 heteroatoms. The van der Waals surface area contributed by atoms with Crippen molar-refractivity contribution < 1.29 is 0 Å². The Bertz CT molecular complexity index is 543. The molecule has 20 heavy (non-hydrogen) atoms. The van der Waals surface area contributed by atoms with Crippen molar-refractivity contribution in [2.75, 3.05) is 0 Å². The topological polar surface area (TPSA) is 0 Å². The molecule has 0 atom stereocenters. The minimum absolute atomic E-state index is 0.713. The van der Waals surface area contributed by atoms with Gasteiger partial charge in [0.25, 0.3) is 0 Å². The molecule has 0 saturated carbocycles. The molecule has 0 heterocycles. The highest BCUT2D eigenvalue weighted by atomic mass is 79.9. The maximum absolute atomic E-state index is 6.74. The summed E-state index contributed by atoms with van der Waals surface area (Å²) in [6, 6.07) is 14.8. The van der Waals surface area contributed by atoms with Gasteiger partial charge in [-0.25, -0.2) is 0 Å². The molecule has 0 fully saturated rings. The molecule has 106 valence electrons. The van der Waals surface area contributed by atoms with Crippen molar-refractivity contribution in [3.8, 4) is 0 Å². The van der Waals surface area contributed by atoms with Crippen molar-refractivity contribution in [1.82, 2.24) is 0 Å². The van der Waals surface area contributed by atoms with Crippen molar-refractivity contribution in [3.63, 3.8) is 0 Å². The molecule has 0 spiro atoms. The fourth-order valence-corrected chi connectivity index (χ4v) is 3.29. The minimum atomic E-state index is -1.70. The second-order valence-corrected chi connectivity index (χ2v) is 8.85. The Morgan fingerprint density at radius 3 is 1.15 bits per heavy atom. The third-order valence-electron chi connectivity index (χ3n) is 2.87. The number of alkyl halides is 4. The maximum atomic E-state index is 6.74. The lowest BCUT2D eigenvalue weighted by molar-refractivity contribution is 0.747. The van der Waals surface area contributed by atoms with Crippen LogP contribution in [0.4, 0.5) is 0 Å². The molecule has 0 aliphatic heterocycles. The zero-order chi connectivity index (χ0) is 15.0. The molecule has 0 amide bonds. The van der Waals surface area contributed by atoms with E-state index in [0.717, 1.165) is 8.95 Å². The average Bonchev–Trinajstić information content (AvgIpc) is 2.38.